The minimum absolute atomic E-state index is 0.181. The third-order valence-corrected chi connectivity index (χ3v) is 24.1. The molecule has 4 aromatic heterocycles. The SMILES string of the molecule is COc1cccc(OC)c1-n1c(CS(=O)(=O)[C@@H](C)[C@H](C)c2ncc(C)cn2)nnc1[C@@H]1CCS(C)(C)C1.COc1cccc(OC)c1-n1c(CS(=O)(=O)[C@@H](C)[C@H](C)c2ncc(C)cn2)nnc1[C@H]1CCS(C)(C)C1. The van der Waals surface area contributed by atoms with E-state index in [0.717, 1.165) is 58.6 Å². The average molecular weight is 1100 g/mol. The van der Waals surface area contributed by atoms with E-state index in [-0.39, 0.29) is 35.2 Å². The maximum absolute atomic E-state index is 13.7. The van der Waals surface area contributed by atoms with Crippen LogP contribution in [0.5, 0.6) is 23.0 Å². The highest BCUT2D eigenvalue weighted by molar-refractivity contribution is 8.33. The van der Waals surface area contributed by atoms with E-state index in [1.807, 2.05) is 73.2 Å². The minimum Gasteiger partial charge on any atom is -0.494 e. The topological polar surface area (TPSA) is 218 Å². The predicted octanol–water partition coefficient (Wildman–Crippen LogP) is 8.08. The van der Waals surface area contributed by atoms with Crippen LogP contribution < -0.4 is 18.9 Å². The van der Waals surface area contributed by atoms with Gasteiger partial charge in [-0.3, -0.25) is 9.13 Å². The second-order valence-electron chi connectivity index (χ2n) is 20.7. The number of ether oxygens (including phenoxy) is 4. The molecule has 74 heavy (non-hydrogen) atoms. The summed E-state index contributed by atoms with van der Waals surface area (Å²) in [4.78, 5) is 17.4. The fourth-order valence-electron chi connectivity index (χ4n) is 9.66. The Labute approximate surface area is 440 Å². The quantitative estimate of drug-likeness (QED) is 0.0794. The second-order valence-corrected chi connectivity index (χ2v) is 34.0. The molecular weight excluding hydrogens is 1020 g/mol. The van der Waals surface area contributed by atoms with E-state index in [1.54, 1.807) is 67.1 Å². The van der Waals surface area contributed by atoms with Gasteiger partial charge in [-0.1, -0.05) is 26.0 Å². The van der Waals surface area contributed by atoms with Crippen LogP contribution >= 0.6 is 20.1 Å². The van der Waals surface area contributed by atoms with E-state index < -0.39 is 50.2 Å². The summed E-state index contributed by atoms with van der Waals surface area (Å²) in [5.41, 5.74) is 3.10. The summed E-state index contributed by atoms with van der Waals surface area (Å²) < 4.78 is 81.3. The number of methoxy groups -OCH3 is 4. The summed E-state index contributed by atoms with van der Waals surface area (Å²) in [6.45, 7) is 10.9. The highest BCUT2D eigenvalue weighted by atomic mass is 32.3. The number of aryl methyl sites for hydroxylation is 2. The molecule has 8 rings (SSSR count). The maximum atomic E-state index is 13.7. The summed E-state index contributed by atoms with van der Waals surface area (Å²) in [6, 6.07) is 11.0. The van der Waals surface area contributed by atoms with Crippen molar-refractivity contribution >= 4 is 39.7 Å². The van der Waals surface area contributed by atoms with Gasteiger partial charge in [0.1, 0.15) is 69.2 Å². The predicted molar refractivity (Wildman–Crippen MR) is 297 cm³/mol. The summed E-state index contributed by atoms with van der Waals surface area (Å²) in [5.74, 6) is 8.86. The molecule has 0 amide bonds. The lowest BCUT2D eigenvalue weighted by molar-refractivity contribution is 0.389. The van der Waals surface area contributed by atoms with E-state index in [4.69, 9.17) is 18.9 Å². The first kappa shape index (κ1) is 56.4. The van der Waals surface area contributed by atoms with Gasteiger partial charge in [-0.15, -0.1) is 20.4 Å². The van der Waals surface area contributed by atoms with Gasteiger partial charge in [-0.25, -0.2) is 56.8 Å². The number of benzene rings is 2. The van der Waals surface area contributed by atoms with Crippen LogP contribution in [-0.2, 0) is 31.2 Å². The summed E-state index contributed by atoms with van der Waals surface area (Å²) in [7, 11) is -2.41. The Hall–Kier alpha value is -5.32. The molecule has 0 radical (unpaired) electrons. The number of nitrogens with zero attached hydrogens (tertiary/aromatic N) is 10. The molecule has 0 saturated carbocycles. The molecule has 22 heteroatoms. The highest BCUT2D eigenvalue weighted by Gasteiger charge is 2.39. The number of para-hydroxylation sites is 2. The zero-order chi connectivity index (χ0) is 53.9. The molecule has 0 unspecified atom stereocenters. The molecule has 0 bridgehead atoms. The number of aromatic nitrogens is 10. The van der Waals surface area contributed by atoms with Crippen molar-refractivity contribution in [3.05, 3.63) is 107 Å². The summed E-state index contributed by atoms with van der Waals surface area (Å²) in [5, 5.41) is 16.6. The van der Waals surface area contributed by atoms with Crippen LogP contribution in [0.25, 0.3) is 11.4 Å². The van der Waals surface area contributed by atoms with Crippen molar-refractivity contribution in [3.8, 4) is 34.4 Å². The monoisotopic (exact) mass is 1090 g/mol. The van der Waals surface area contributed by atoms with Gasteiger partial charge in [-0.05, 0) is 124 Å². The fourth-order valence-corrected chi connectivity index (χ4v) is 17.8. The lowest BCUT2D eigenvalue weighted by Crippen LogP contribution is -2.27. The number of rotatable bonds is 18. The van der Waals surface area contributed by atoms with Crippen molar-refractivity contribution in [1.82, 2.24) is 49.5 Å². The van der Waals surface area contributed by atoms with Crippen LogP contribution in [0.1, 0.15) is 110 Å². The van der Waals surface area contributed by atoms with Gasteiger partial charge in [-0.2, -0.15) is 0 Å². The van der Waals surface area contributed by atoms with E-state index in [0.29, 0.717) is 57.7 Å². The smallest absolute Gasteiger partial charge is 0.160 e. The standard InChI is InChI=1S/2C26H37N5O4S2/c2*1-17-13-27-25(28-14-17)18(2)19(3)37(32,33)16-23-29-30-26(20-11-12-36(6,7)15-20)31(23)24-21(34-4)9-8-10-22(24)35-5/h2*8-10,13-14,18-20H,11-12,15-16H2,1-7H3/t18-,19-,20+;18-,19-,20-/m00/s1. The molecule has 2 fully saturated rings. The van der Waals surface area contributed by atoms with Crippen molar-refractivity contribution < 1.29 is 35.8 Å². The van der Waals surface area contributed by atoms with Crippen molar-refractivity contribution in [1.29, 1.82) is 0 Å². The molecule has 2 saturated heterocycles. The molecule has 0 aliphatic carbocycles. The zero-order valence-corrected chi connectivity index (χ0v) is 48.5. The molecule has 2 aromatic carbocycles. The molecule has 6 heterocycles. The third-order valence-electron chi connectivity index (χ3n) is 14.5. The molecule has 18 nitrogen and oxygen atoms in total. The Morgan fingerprint density at radius 1 is 0.541 bits per heavy atom. The third kappa shape index (κ3) is 12.3. The van der Waals surface area contributed by atoms with Crippen LogP contribution in [0.15, 0.2) is 61.2 Å². The van der Waals surface area contributed by atoms with Crippen molar-refractivity contribution in [2.24, 2.45) is 0 Å². The van der Waals surface area contributed by atoms with Crippen molar-refractivity contribution in [2.45, 2.75) is 100 Å². The average Bonchev–Trinajstić information content (AvgIpc) is 4.17. The van der Waals surface area contributed by atoms with Crippen LogP contribution in [0.2, 0.25) is 0 Å². The lowest BCUT2D eigenvalue weighted by atomic mass is 10.1. The van der Waals surface area contributed by atoms with Gasteiger partial charge in [0, 0.05) is 48.5 Å². The number of hydrogen-bond donors (Lipinski definition) is 0. The first-order valence-corrected chi connectivity index (χ1v) is 33.6. The Bertz CT molecular complexity index is 2880. The molecule has 6 aromatic rings. The van der Waals surface area contributed by atoms with Gasteiger partial charge in [0.05, 0.1) is 38.9 Å². The van der Waals surface area contributed by atoms with Gasteiger partial charge in [0.25, 0.3) is 0 Å². The Kier molecular flexibility index (Phi) is 17.4. The summed E-state index contributed by atoms with van der Waals surface area (Å²) in [6.07, 6.45) is 18.1. The van der Waals surface area contributed by atoms with Crippen LogP contribution in [-0.4, -0.2) is 153 Å². The zero-order valence-electron chi connectivity index (χ0n) is 45.3. The molecule has 2 aliphatic heterocycles. The number of hydrogen-bond acceptors (Lipinski definition) is 16. The molecule has 0 spiro atoms. The van der Waals surface area contributed by atoms with Crippen LogP contribution in [0.4, 0.5) is 0 Å². The molecular formula is C52H74N10O8S4. The molecule has 0 N–H and O–H groups in total. The van der Waals surface area contributed by atoms with Crippen molar-refractivity contribution in [2.75, 3.05) is 76.5 Å². The lowest BCUT2D eigenvalue weighted by Gasteiger charge is -2.25. The largest absolute Gasteiger partial charge is 0.494 e. The van der Waals surface area contributed by atoms with E-state index in [1.165, 1.54) is 0 Å². The van der Waals surface area contributed by atoms with E-state index in [9.17, 15) is 16.8 Å². The minimum atomic E-state index is -3.65. The van der Waals surface area contributed by atoms with Gasteiger partial charge >= 0.3 is 0 Å². The normalized spacial score (nSPS) is 19.8. The summed E-state index contributed by atoms with van der Waals surface area (Å²) >= 11 is 0. The first-order valence-electron chi connectivity index (χ1n) is 24.6. The Morgan fingerprint density at radius 2 is 0.851 bits per heavy atom. The first-order chi connectivity index (χ1) is 34.9. The fraction of sp³-hybridized carbons (Fsp3) is 0.538. The van der Waals surface area contributed by atoms with Crippen molar-refractivity contribution in [3.63, 3.8) is 0 Å². The molecule has 6 atom stereocenters. The Balaban J connectivity index is 0.000000216. The molecule has 2 aliphatic rings. The van der Waals surface area contributed by atoms with Crippen LogP contribution in [0, 0.1) is 13.8 Å². The van der Waals surface area contributed by atoms with E-state index in [2.05, 4.69) is 65.4 Å². The second kappa shape index (κ2) is 22.9. The number of sulfone groups is 2. The van der Waals surface area contributed by atoms with Gasteiger partial charge < -0.3 is 18.9 Å². The van der Waals surface area contributed by atoms with Crippen LogP contribution in [0.3, 0.4) is 0 Å². The molecule has 404 valence electrons. The van der Waals surface area contributed by atoms with Gasteiger partial charge in [0.2, 0.25) is 0 Å². The Morgan fingerprint density at radius 3 is 1.12 bits per heavy atom. The van der Waals surface area contributed by atoms with Gasteiger partial charge in [0.15, 0.2) is 31.3 Å². The van der Waals surface area contributed by atoms with E-state index >= 15 is 0 Å². The highest BCUT2D eigenvalue weighted by Crippen LogP contribution is 2.54. The maximum Gasteiger partial charge on any atom is 0.160 e.